The van der Waals surface area contributed by atoms with Crippen LogP contribution in [0, 0.1) is 13.8 Å². The third-order valence-corrected chi connectivity index (χ3v) is 7.22. The fourth-order valence-corrected chi connectivity index (χ4v) is 5.61. The summed E-state index contributed by atoms with van der Waals surface area (Å²) in [6.45, 7) is 5.55. The number of pyridine rings is 1. The van der Waals surface area contributed by atoms with Gasteiger partial charge in [0.1, 0.15) is 0 Å². The van der Waals surface area contributed by atoms with Crippen LogP contribution in [0.4, 0.5) is 11.4 Å². The minimum absolute atomic E-state index is 0.131. The molecular weight excluding hydrogens is 510 g/mol. The van der Waals surface area contributed by atoms with E-state index < -0.39 is 5.97 Å². The highest BCUT2D eigenvalue weighted by Crippen LogP contribution is 2.44. The van der Waals surface area contributed by atoms with Crippen LogP contribution >= 0.6 is 12.2 Å². The summed E-state index contributed by atoms with van der Waals surface area (Å²) in [6.07, 6.45) is 1.78. The number of ether oxygens (including phenoxy) is 1. The summed E-state index contributed by atoms with van der Waals surface area (Å²) in [5.74, 6) is -0.524. The van der Waals surface area contributed by atoms with Gasteiger partial charge in [-0.1, -0.05) is 18.2 Å². The molecule has 1 aliphatic rings. The first-order chi connectivity index (χ1) is 18.8. The summed E-state index contributed by atoms with van der Waals surface area (Å²) in [6, 6.07) is 22.6. The number of thiocarbonyl (C=S) groups is 1. The predicted octanol–water partition coefficient (Wildman–Crippen LogP) is 5.41. The molecule has 0 spiro atoms. The zero-order valence-corrected chi connectivity index (χ0v) is 23.0. The quantitative estimate of drug-likeness (QED) is 0.250. The Kier molecular flexibility index (Phi) is 7.17. The number of aryl methyl sites for hydroxylation is 1. The average Bonchev–Trinajstić information content (AvgIpc) is 3.43. The number of rotatable bonds is 6. The Morgan fingerprint density at radius 2 is 1.74 bits per heavy atom. The second-order valence-corrected chi connectivity index (χ2v) is 9.78. The van der Waals surface area contributed by atoms with Crippen molar-refractivity contribution in [2.24, 2.45) is 0 Å². The van der Waals surface area contributed by atoms with Crippen molar-refractivity contribution in [1.29, 1.82) is 0 Å². The fraction of sp³-hybridized carbons (Fsp3) is 0.200. The van der Waals surface area contributed by atoms with Crippen LogP contribution in [0.3, 0.4) is 0 Å². The van der Waals surface area contributed by atoms with Crippen molar-refractivity contribution in [2.45, 2.75) is 32.9 Å². The minimum atomic E-state index is -0.393. The molecule has 0 unspecified atom stereocenters. The van der Waals surface area contributed by atoms with E-state index in [4.69, 9.17) is 17.0 Å². The molecule has 3 heterocycles. The zero-order valence-electron chi connectivity index (χ0n) is 22.1. The van der Waals surface area contributed by atoms with Crippen LogP contribution in [0.2, 0.25) is 0 Å². The molecule has 39 heavy (non-hydrogen) atoms. The molecule has 2 aromatic heterocycles. The molecule has 198 valence electrons. The van der Waals surface area contributed by atoms with Crippen molar-refractivity contribution >= 4 is 40.6 Å². The van der Waals surface area contributed by atoms with Gasteiger partial charge in [-0.2, -0.15) is 0 Å². The monoisotopic (exact) mass is 539 g/mol. The maximum atomic E-state index is 12.6. The number of anilines is 2. The number of esters is 1. The van der Waals surface area contributed by atoms with Crippen molar-refractivity contribution in [1.82, 2.24) is 14.9 Å². The van der Waals surface area contributed by atoms with Crippen molar-refractivity contribution in [3.05, 3.63) is 107 Å². The maximum Gasteiger partial charge on any atom is 0.339 e. The number of nitrogens with one attached hydrogen (secondary N) is 2. The van der Waals surface area contributed by atoms with Gasteiger partial charge in [-0.25, -0.2) is 4.79 Å². The predicted molar refractivity (Wildman–Crippen MR) is 155 cm³/mol. The first-order valence-corrected chi connectivity index (χ1v) is 13.0. The summed E-state index contributed by atoms with van der Waals surface area (Å²) >= 11 is 5.88. The summed E-state index contributed by atoms with van der Waals surface area (Å²) < 4.78 is 7.14. The van der Waals surface area contributed by atoms with Gasteiger partial charge in [-0.15, -0.1) is 0 Å². The van der Waals surface area contributed by atoms with Crippen LogP contribution in [-0.2, 0) is 9.53 Å². The summed E-state index contributed by atoms with van der Waals surface area (Å²) in [4.78, 5) is 30.9. The minimum Gasteiger partial charge on any atom is -0.465 e. The SMILES string of the molecule is COC(=O)c1ccccc1-n1c(C)cc([C@H]2[C@H](c3ccccn3)NC(=S)N2c2ccc(NC(C)=O)cc2)c1C. The standard InChI is InChI=1S/C30H29N5O3S/c1-18-17-24(19(2)34(18)26-11-6-5-9-23(26)29(37)38-4)28-27(25-10-7-8-16-31-25)33-30(39)35(28)22-14-12-21(13-15-22)32-20(3)36/h5-17,27-28H,1-4H3,(H,32,36)(H,33,39)/t27-,28-/m0/s1. The zero-order chi connectivity index (χ0) is 27.7. The lowest BCUT2D eigenvalue weighted by atomic mass is 9.96. The van der Waals surface area contributed by atoms with E-state index >= 15 is 0 Å². The van der Waals surface area contributed by atoms with Gasteiger partial charge in [-0.3, -0.25) is 9.78 Å². The summed E-state index contributed by atoms with van der Waals surface area (Å²) in [7, 11) is 1.39. The highest BCUT2D eigenvalue weighted by Gasteiger charge is 2.42. The van der Waals surface area contributed by atoms with Crippen LogP contribution < -0.4 is 15.5 Å². The Balaban J connectivity index is 1.65. The van der Waals surface area contributed by atoms with Gasteiger partial charge in [0.25, 0.3) is 0 Å². The second kappa shape index (κ2) is 10.7. The van der Waals surface area contributed by atoms with E-state index in [1.54, 1.807) is 12.3 Å². The maximum absolute atomic E-state index is 12.6. The van der Waals surface area contributed by atoms with Crippen molar-refractivity contribution in [3.63, 3.8) is 0 Å². The van der Waals surface area contributed by atoms with Gasteiger partial charge in [0.05, 0.1) is 36.1 Å². The molecule has 0 saturated carbocycles. The number of benzene rings is 2. The molecule has 1 amide bonds. The van der Waals surface area contributed by atoms with E-state index in [1.807, 2.05) is 74.5 Å². The molecule has 0 bridgehead atoms. The van der Waals surface area contributed by atoms with Crippen LogP contribution in [0.15, 0.2) is 79.0 Å². The molecule has 0 radical (unpaired) electrons. The number of aromatic nitrogens is 2. The normalized spacial score (nSPS) is 16.6. The Bertz CT molecular complexity index is 1550. The highest BCUT2D eigenvalue weighted by atomic mass is 32.1. The van der Waals surface area contributed by atoms with Crippen LogP contribution in [-0.4, -0.2) is 33.6 Å². The van der Waals surface area contributed by atoms with Crippen molar-refractivity contribution in [2.75, 3.05) is 17.3 Å². The van der Waals surface area contributed by atoms with E-state index in [-0.39, 0.29) is 18.0 Å². The summed E-state index contributed by atoms with van der Waals surface area (Å²) in [5.41, 5.74) is 6.67. The van der Waals surface area contributed by atoms with E-state index in [1.165, 1.54) is 14.0 Å². The largest absolute Gasteiger partial charge is 0.465 e. The first-order valence-electron chi connectivity index (χ1n) is 12.5. The molecule has 1 saturated heterocycles. The smallest absolute Gasteiger partial charge is 0.339 e. The molecule has 4 aromatic rings. The van der Waals surface area contributed by atoms with E-state index in [2.05, 4.69) is 31.2 Å². The third kappa shape index (κ3) is 4.88. The highest BCUT2D eigenvalue weighted by molar-refractivity contribution is 7.80. The van der Waals surface area contributed by atoms with Crippen LogP contribution in [0.25, 0.3) is 5.69 Å². The lowest BCUT2D eigenvalue weighted by Crippen LogP contribution is -2.29. The topological polar surface area (TPSA) is 88.5 Å². The number of amides is 1. The summed E-state index contributed by atoms with van der Waals surface area (Å²) in [5, 5.41) is 6.87. The average molecular weight is 540 g/mol. The van der Waals surface area contributed by atoms with Gasteiger partial charge in [0.2, 0.25) is 5.91 Å². The Morgan fingerprint density at radius 1 is 1.03 bits per heavy atom. The molecule has 1 aliphatic heterocycles. The van der Waals surface area contributed by atoms with Crippen LogP contribution in [0.5, 0.6) is 0 Å². The first kappa shape index (κ1) is 26.1. The fourth-order valence-electron chi connectivity index (χ4n) is 5.27. The molecule has 2 aromatic carbocycles. The van der Waals surface area contributed by atoms with Gasteiger partial charge in [0.15, 0.2) is 5.11 Å². The molecule has 8 nitrogen and oxygen atoms in total. The van der Waals surface area contributed by atoms with Gasteiger partial charge >= 0.3 is 5.97 Å². The molecule has 5 rings (SSSR count). The number of carbonyl (C=O) groups excluding carboxylic acids is 2. The van der Waals surface area contributed by atoms with Crippen molar-refractivity contribution < 1.29 is 14.3 Å². The molecule has 2 atom stereocenters. The lowest BCUT2D eigenvalue weighted by molar-refractivity contribution is -0.114. The second-order valence-electron chi connectivity index (χ2n) is 9.40. The number of hydrogen-bond donors (Lipinski definition) is 2. The molecular formula is C30H29N5O3S. The number of nitrogens with zero attached hydrogens (tertiary/aromatic N) is 3. The van der Waals surface area contributed by atoms with Gasteiger partial charge in [-0.05, 0) is 86.2 Å². The van der Waals surface area contributed by atoms with Gasteiger partial charge < -0.3 is 24.8 Å². The Morgan fingerprint density at radius 3 is 2.41 bits per heavy atom. The third-order valence-electron chi connectivity index (χ3n) is 6.90. The lowest BCUT2D eigenvalue weighted by Gasteiger charge is -2.28. The Labute approximate surface area is 232 Å². The van der Waals surface area contributed by atoms with E-state index in [0.29, 0.717) is 16.4 Å². The van der Waals surface area contributed by atoms with Crippen molar-refractivity contribution in [3.8, 4) is 5.69 Å². The number of para-hydroxylation sites is 1. The molecule has 0 aliphatic carbocycles. The van der Waals surface area contributed by atoms with E-state index in [9.17, 15) is 9.59 Å². The molecule has 9 heteroatoms. The van der Waals surface area contributed by atoms with Crippen LogP contribution in [0.1, 0.15) is 52.0 Å². The molecule has 1 fully saturated rings. The number of carbonyl (C=O) groups is 2. The number of hydrogen-bond acceptors (Lipinski definition) is 5. The number of methoxy groups -OCH3 is 1. The Hall–Kier alpha value is -4.50. The van der Waals surface area contributed by atoms with E-state index in [0.717, 1.165) is 34.0 Å². The molecule has 2 N–H and O–H groups in total. The van der Waals surface area contributed by atoms with Gasteiger partial charge in [0, 0.05) is 35.9 Å².